The number of unbranched alkanes of at least 4 members (excludes halogenated alkanes) is 6. The van der Waals surface area contributed by atoms with Crippen molar-refractivity contribution in [3.8, 4) is 0 Å². The van der Waals surface area contributed by atoms with E-state index in [0.717, 1.165) is 38.5 Å². The molecule has 0 amide bonds. The maximum Gasteiger partial charge on any atom is 0.336 e. The number of carboxylic acid groups (broad SMARTS) is 3. The van der Waals surface area contributed by atoms with Crippen molar-refractivity contribution in [3.63, 3.8) is 0 Å². The predicted molar refractivity (Wildman–Crippen MR) is 87.7 cm³/mol. The molecule has 7 nitrogen and oxygen atoms in total. The Balaban J connectivity index is 4.48. The van der Waals surface area contributed by atoms with Crippen molar-refractivity contribution in [1.29, 1.82) is 0 Å². The molecule has 0 fully saturated rings. The van der Waals surface area contributed by atoms with Crippen LogP contribution in [0.15, 0.2) is 12.7 Å². The van der Waals surface area contributed by atoms with Gasteiger partial charge in [0.05, 0.1) is 5.92 Å². The van der Waals surface area contributed by atoms with E-state index >= 15 is 0 Å². The average Bonchev–Trinajstić information content (AvgIpc) is 2.50. The normalized spacial score (nSPS) is 14.5. The molecule has 0 aliphatic carbocycles. The highest BCUT2D eigenvalue weighted by molar-refractivity contribution is 5.86. The molecular weight excluding hydrogens is 316 g/mol. The van der Waals surface area contributed by atoms with E-state index in [2.05, 4.69) is 6.58 Å². The van der Waals surface area contributed by atoms with E-state index in [9.17, 15) is 29.7 Å². The molecule has 0 rings (SSSR count). The molecule has 0 saturated heterocycles. The molecule has 0 heterocycles. The highest BCUT2D eigenvalue weighted by atomic mass is 16.4. The molecule has 24 heavy (non-hydrogen) atoms. The van der Waals surface area contributed by atoms with Gasteiger partial charge in [0, 0.05) is 6.42 Å². The van der Waals surface area contributed by atoms with Gasteiger partial charge in [-0.3, -0.25) is 9.59 Å². The molecule has 2 atom stereocenters. The van der Waals surface area contributed by atoms with E-state index in [1.54, 1.807) is 0 Å². The summed E-state index contributed by atoms with van der Waals surface area (Å²) in [6.45, 7) is 3.64. The van der Waals surface area contributed by atoms with Crippen molar-refractivity contribution < 1.29 is 34.8 Å². The van der Waals surface area contributed by atoms with Gasteiger partial charge in [0.25, 0.3) is 0 Å². The molecule has 0 bridgehead atoms. The van der Waals surface area contributed by atoms with Crippen molar-refractivity contribution in [3.05, 3.63) is 12.7 Å². The third-order valence-corrected chi connectivity index (χ3v) is 4.12. The number of carboxylic acids is 3. The second kappa shape index (κ2) is 11.6. The van der Waals surface area contributed by atoms with E-state index in [4.69, 9.17) is 5.11 Å². The van der Waals surface area contributed by atoms with Gasteiger partial charge in [-0.1, -0.05) is 38.2 Å². The van der Waals surface area contributed by atoms with Gasteiger partial charge in [-0.2, -0.15) is 0 Å². The van der Waals surface area contributed by atoms with Crippen molar-refractivity contribution >= 4 is 17.9 Å². The lowest BCUT2D eigenvalue weighted by Crippen LogP contribution is -2.49. The van der Waals surface area contributed by atoms with E-state index in [1.165, 1.54) is 0 Å². The SMILES string of the molecule is C=CCCCCCCCC[C@H](C(=O)O)[C@](O)(CCC(=O)O)C(=O)O. The Bertz CT molecular complexity index is 433. The monoisotopic (exact) mass is 344 g/mol. The number of rotatable bonds is 15. The van der Waals surface area contributed by atoms with Gasteiger partial charge in [-0.15, -0.1) is 6.58 Å². The van der Waals surface area contributed by atoms with Gasteiger partial charge < -0.3 is 20.4 Å². The van der Waals surface area contributed by atoms with Crippen LogP contribution in [0.3, 0.4) is 0 Å². The first kappa shape index (κ1) is 22.1. The first-order valence-electron chi connectivity index (χ1n) is 8.27. The molecular formula is C17H28O7. The third kappa shape index (κ3) is 8.10. The molecule has 4 N–H and O–H groups in total. The Labute approximate surface area is 142 Å². The minimum atomic E-state index is -2.56. The van der Waals surface area contributed by atoms with E-state index in [0.29, 0.717) is 6.42 Å². The summed E-state index contributed by atoms with van der Waals surface area (Å²) < 4.78 is 0. The molecule has 7 heteroatoms. The molecule has 0 aromatic heterocycles. The van der Waals surface area contributed by atoms with Crippen LogP contribution in [0.4, 0.5) is 0 Å². The van der Waals surface area contributed by atoms with E-state index < -0.39 is 42.3 Å². The first-order valence-corrected chi connectivity index (χ1v) is 8.27. The summed E-state index contributed by atoms with van der Waals surface area (Å²) in [6, 6.07) is 0. The zero-order chi connectivity index (χ0) is 18.6. The Morgan fingerprint density at radius 3 is 1.96 bits per heavy atom. The summed E-state index contributed by atoms with van der Waals surface area (Å²) >= 11 is 0. The smallest absolute Gasteiger partial charge is 0.336 e. The fourth-order valence-corrected chi connectivity index (χ4v) is 2.64. The van der Waals surface area contributed by atoms with Gasteiger partial charge in [0.15, 0.2) is 5.60 Å². The Hall–Kier alpha value is -1.89. The van der Waals surface area contributed by atoms with Crippen molar-refractivity contribution in [2.45, 2.75) is 69.8 Å². The first-order chi connectivity index (χ1) is 11.3. The molecule has 0 aliphatic heterocycles. The summed E-state index contributed by atoms with van der Waals surface area (Å²) in [5, 5.41) is 37.3. The van der Waals surface area contributed by atoms with Crippen LogP contribution in [0.5, 0.6) is 0 Å². The number of hydrogen-bond donors (Lipinski definition) is 4. The molecule has 0 aromatic rings. The van der Waals surface area contributed by atoms with Gasteiger partial charge in [-0.25, -0.2) is 4.79 Å². The summed E-state index contributed by atoms with van der Waals surface area (Å²) in [7, 11) is 0. The summed E-state index contributed by atoms with van der Waals surface area (Å²) in [6.07, 6.45) is 6.86. The van der Waals surface area contributed by atoms with E-state index in [1.807, 2.05) is 6.08 Å². The largest absolute Gasteiger partial charge is 0.481 e. The third-order valence-electron chi connectivity index (χ3n) is 4.12. The van der Waals surface area contributed by atoms with Crippen molar-refractivity contribution in [1.82, 2.24) is 0 Å². The summed E-state index contributed by atoms with van der Waals surface area (Å²) in [5.41, 5.74) is -2.56. The zero-order valence-electron chi connectivity index (χ0n) is 13.9. The maximum absolute atomic E-state index is 11.4. The lowest BCUT2D eigenvalue weighted by Gasteiger charge is -2.29. The number of allylic oxidation sites excluding steroid dienone is 1. The molecule has 0 saturated carbocycles. The second-order valence-corrected chi connectivity index (χ2v) is 6.00. The average molecular weight is 344 g/mol. The standard InChI is InChI=1S/C17H28O7/c1-2-3-4-5-6-7-8-9-10-13(15(20)21)17(24,16(22)23)12-11-14(18)19/h2,13,24H,1,3-12H2,(H,18,19)(H,20,21)(H,22,23)/t13-,17-/m1/s1. The van der Waals surface area contributed by atoms with Crippen molar-refractivity contribution in [2.75, 3.05) is 0 Å². The molecule has 0 aliphatic rings. The lowest BCUT2D eigenvalue weighted by atomic mass is 9.80. The van der Waals surface area contributed by atoms with Crippen molar-refractivity contribution in [2.24, 2.45) is 5.92 Å². The fourth-order valence-electron chi connectivity index (χ4n) is 2.64. The van der Waals surface area contributed by atoms with Crippen LogP contribution in [0.2, 0.25) is 0 Å². The highest BCUT2D eigenvalue weighted by Crippen LogP contribution is 2.29. The van der Waals surface area contributed by atoms with Crippen LogP contribution in [0.1, 0.15) is 64.2 Å². The van der Waals surface area contributed by atoms with Crippen LogP contribution in [-0.4, -0.2) is 43.9 Å². The Morgan fingerprint density at radius 2 is 1.50 bits per heavy atom. The summed E-state index contributed by atoms with van der Waals surface area (Å²) in [4.78, 5) is 33.3. The van der Waals surface area contributed by atoms with Crippen LogP contribution in [-0.2, 0) is 14.4 Å². The van der Waals surface area contributed by atoms with Gasteiger partial charge in [0.2, 0.25) is 0 Å². The molecule has 0 spiro atoms. The number of hydrogen-bond acceptors (Lipinski definition) is 4. The van der Waals surface area contributed by atoms with Gasteiger partial charge in [0.1, 0.15) is 0 Å². The topological polar surface area (TPSA) is 132 Å². The highest BCUT2D eigenvalue weighted by Gasteiger charge is 2.47. The number of aliphatic carboxylic acids is 3. The quantitative estimate of drug-likeness (QED) is 0.265. The van der Waals surface area contributed by atoms with Crippen LogP contribution in [0.25, 0.3) is 0 Å². The minimum absolute atomic E-state index is 0.00438. The number of aliphatic hydroxyl groups is 1. The fraction of sp³-hybridized carbons (Fsp3) is 0.706. The predicted octanol–water partition coefficient (Wildman–Crippen LogP) is 2.67. The molecule has 138 valence electrons. The summed E-state index contributed by atoms with van der Waals surface area (Å²) in [5.74, 6) is -5.91. The minimum Gasteiger partial charge on any atom is -0.481 e. The van der Waals surface area contributed by atoms with Crippen LogP contribution >= 0.6 is 0 Å². The molecule has 0 radical (unpaired) electrons. The Kier molecular flexibility index (Phi) is 10.7. The Morgan fingerprint density at radius 1 is 0.958 bits per heavy atom. The number of carbonyl (C=O) groups is 3. The van der Waals surface area contributed by atoms with E-state index in [-0.39, 0.29) is 6.42 Å². The van der Waals surface area contributed by atoms with Crippen LogP contribution in [0, 0.1) is 5.92 Å². The maximum atomic E-state index is 11.4. The molecule has 0 unspecified atom stereocenters. The van der Waals surface area contributed by atoms with Crippen LogP contribution < -0.4 is 0 Å². The lowest BCUT2D eigenvalue weighted by molar-refractivity contribution is -0.176. The molecule has 0 aromatic carbocycles. The zero-order valence-corrected chi connectivity index (χ0v) is 13.9. The second-order valence-electron chi connectivity index (χ2n) is 6.00. The van der Waals surface area contributed by atoms with Gasteiger partial charge in [-0.05, 0) is 25.7 Å². The van der Waals surface area contributed by atoms with Gasteiger partial charge >= 0.3 is 17.9 Å².